The maximum atomic E-state index is 11.9. The fourth-order valence-corrected chi connectivity index (χ4v) is 1.32. The predicted octanol–water partition coefficient (Wildman–Crippen LogP) is 3.18. The number of nitrogens with zero attached hydrogens (tertiary/aromatic N) is 1. The zero-order chi connectivity index (χ0) is 11.6. The van der Waals surface area contributed by atoms with Crippen LogP contribution in [-0.4, -0.2) is 17.8 Å². The van der Waals surface area contributed by atoms with Gasteiger partial charge in [0.2, 0.25) is 0 Å². The van der Waals surface area contributed by atoms with Gasteiger partial charge in [-0.05, 0) is 23.6 Å². The number of benzene rings is 1. The van der Waals surface area contributed by atoms with Crippen molar-refractivity contribution in [3.05, 3.63) is 36.7 Å². The minimum atomic E-state index is -4.32. The van der Waals surface area contributed by atoms with Gasteiger partial charge in [0.1, 0.15) is 5.75 Å². The van der Waals surface area contributed by atoms with Crippen molar-refractivity contribution >= 4 is 10.8 Å². The van der Waals surface area contributed by atoms with Crippen molar-refractivity contribution in [2.24, 2.45) is 0 Å². The molecule has 1 aromatic heterocycles. The molecule has 0 N–H and O–H groups in total. The van der Waals surface area contributed by atoms with Crippen molar-refractivity contribution in [1.82, 2.24) is 4.98 Å². The van der Waals surface area contributed by atoms with Gasteiger partial charge in [0.05, 0.1) is 0 Å². The highest BCUT2D eigenvalue weighted by Gasteiger charge is 2.28. The van der Waals surface area contributed by atoms with E-state index in [0.717, 1.165) is 10.8 Å². The number of fused-ring (bicyclic) bond motifs is 1. The first-order chi connectivity index (χ1) is 7.54. The molecule has 2 nitrogen and oxygen atoms in total. The molecule has 0 amide bonds. The number of rotatable bonds is 2. The lowest BCUT2D eigenvalue weighted by Crippen LogP contribution is -2.19. The Morgan fingerprint density at radius 2 is 1.94 bits per heavy atom. The maximum absolute atomic E-state index is 11.9. The molecule has 84 valence electrons. The van der Waals surface area contributed by atoms with Gasteiger partial charge in [0.25, 0.3) is 0 Å². The van der Waals surface area contributed by atoms with Crippen molar-refractivity contribution in [2.75, 3.05) is 6.61 Å². The Morgan fingerprint density at radius 3 is 2.69 bits per heavy atom. The van der Waals surface area contributed by atoms with Crippen LogP contribution in [0.1, 0.15) is 0 Å². The molecule has 0 bridgehead atoms. The van der Waals surface area contributed by atoms with E-state index in [1.165, 1.54) is 12.1 Å². The molecule has 0 saturated carbocycles. The Morgan fingerprint density at radius 1 is 1.12 bits per heavy atom. The van der Waals surface area contributed by atoms with Crippen LogP contribution in [0.25, 0.3) is 10.8 Å². The van der Waals surface area contributed by atoms with E-state index in [1.54, 1.807) is 24.5 Å². The number of pyridine rings is 1. The van der Waals surface area contributed by atoms with Gasteiger partial charge in [-0.15, -0.1) is 0 Å². The fourth-order valence-electron chi connectivity index (χ4n) is 1.32. The van der Waals surface area contributed by atoms with Gasteiger partial charge in [-0.3, -0.25) is 4.98 Å². The average Bonchev–Trinajstić information content (AvgIpc) is 2.25. The molecule has 2 rings (SSSR count). The first-order valence-electron chi connectivity index (χ1n) is 4.58. The summed E-state index contributed by atoms with van der Waals surface area (Å²) in [5.41, 5.74) is 0. The Balaban J connectivity index is 2.20. The van der Waals surface area contributed by atoms with Gasteiger partial charge in [0.15, 0.2) is 6.61 Å². The molecule has 0 radical (unpaired) electrons. The Kier molecular flexibility index (Phi) is 2.68. The molecule has 0 saturated heterocycles. The van der Waals surface area contributed by atoms with Gasteiger partial charge >= 0.3 is 6.18 Å². The molecule has 1 aromatic carbocycles. The summed E-state index contributed by atoms with van der Waals surface area (Å²) < 4.78 is 40.4. The lowest BCUT2D eigenvalue weighted by molar-refractivity contribution is -0.153. The molecular weight excluding hydrogens is 219 g/mol. The number of hydrogen-bond acceptors (Lipinski definition) is 2. The van der Waals surface area contributed by atoms with Gasteiger partial charge < -0.3 is 4.74 Å². The van der Waals surface area contributed by atoms with E-state index in [2.05, 4.69) is 9.72 Å². The van der Waals surface area contributed by atoms with E-state index in [4.69, 9.17) is 0 Å². The van der Waals surface area contributed by atoms with Crippen LogP contribution in [0.5, 0.6) is 5.75 Å². The third-order valence-electron chi connectivity index (χ3n) is 2.01. The smallest absolute Gasteiger partial charge is 0.422 e. The minimum Gasteiger partial charge on any atom is -0.484 e. The maximum Gasteiger partial charge on any atom is 0.422 e. The Labute approximate surface area is 89.7 Å². The largest absolute Gasteiger partial charge is 0.484 e. The summed E-state index contributed by atoms with van der Waals surface area (Å²) in [5, 5.41) is 1.66. The van der Waals surface area contributed by atoms with Gasteiger partial charge in [-0.1, -0.05) is 6.07 Å². The second-order valence-electron chi connectivity index (χ2n) is 3.29. The number of hydrogen-bond donors (Lipinski definition) is 0. The topological polar surface area (TPSA) is 22.1 Å². The second-order valence-corrected chi connectivity index (χ2v) is 3.29. The van der Waals surface area contributed by atoms with Crippen LogP contribution >= 0.6 is 0 Å². The van der Waals surface area contributed by atoms with Crippen molar-refractivity contribution < 1.29 is 17.9 Å². The first kappa shape index (κ1) is 10.7. The molecule has 16 heavy (non-hydrogen) atoms. The minimum absolute atomic E-state index is 0.192. The zero-order valence-electron chi connectivity index (χ0n) is 8.16. The summed E-state index contributed by atoms with van der Waals surface area (Å²) in [5.74, 6) is 0.192. The van der Waals surface area contributed by atoms with Gasteiger partial charge in [0, 0.05) is 17.8 Å². The molecule has 5 heteroatoms. The van der Waals surface area contributed by atoms with E-state index >= 15 is 0 Å². The van der Waals surface area contributed by atoms with E-state index in [1.807, 2.05) is 0 Å². The molecule has 0 aliphatic rings. The molecule has 0 aliphatic carbocycles. The molecule has 1 heterocycles. The highest BCUT2D eigenvalue weighted by molar-refractivity contribution is 5.82. The van der Waals surface area contributed by atoms with Crippen LogP contribution in [0.4, 0.5) is 13.2 Å². The van der Waals surface area contributed by atoms with Crippen LogP contribution in [0, 0.1) is 0 Å². The quantitative estimate of drug-likeness (QED) is 0.786. The first-order valence-corrected chi connectivity index (χ1v) is 4.58. The second kappa shape index (κ2) is 4.00. The van der Waals surface area contributed by atoms with E-state index in [-0.39, 0.29) is 5.75 Å². The van der Waals surface area contributed by atoms with Crippen LogP contribution in [0.15, 0.2) is 36.7 Å². The SMILES string of the molecule is FC(F)(F)COc1ccc2ccncc2c1. The summed E-state index contributed by atoms with van der Waals surface area (Å²) in [4.78, 5) is 3.89. The molecule has 0 aliphatic heterocycles. The van der Waals surface area contributed by atoms with E-state index in [0.29, 0.717) is 0 Å². The standard InChI is InChI=1S/C11H8F3NO/c12-11(13,14)7-16-10-2-1-8-3-4-15-6-9(8)5-10/h1-6H,7H2. The summed E-state index contributed by atoms with van der Waals surface area (Å²) in [6, 6.07) is 6.52. The van der Waals surface area contributed by atoms with Gasteiger partial charge in [-0.2, -0.15) is 13.2 Å². The Bertz CT molecular complexity index is 496. The van der Waals surface area contributed by atoms with Crippen LogP contribution < -0.4 is 4.74 Å². The van der Waals surface area contributed by atoms with Crippen LogP contribution in [-0.2, 0) is 0 Å². The number of aromatic nitrogens is 1. The van der Waals surface area contributed by atoms with Crippen molar-refractivity contribution in [3.8, 4) is 5.75 Å². The summed E-state index contributed by atoms with van der Waals surface area (Å²) in [6.07, 6.45) is -1.11. The lowest BCUT2D eigenvalue weighted by Gasteiger charge is -2.09. The summed E-state index contributed by atoms with van der Waals surface area (Å²) in [7, 11) is 0. The van der Waals surface area contributed by atoms with Crippen molar-refractivity contribution in [1.29, 1.82) is 0 Å². The highest BCUT2D eigenvalue weighted by atomic mass is 19.4. The van der Waals surface area contributed by atoms with E-state index < -0.39 is 12.8 Å². The Hall–Kier alpha value is -1.78. The summed E-state index contributed by atoms with van der Waals surface area (Å²) in [6.45, 7) is -1.28. The molecule has 0 atom stereocenters. The summed E-state index contributed by atoms with van der Waals surface area (Å²) >= 11 is 0. The third-order valence-corrected chi connectivity index (χ3v) is 2.01. The number of ether oxygens (including phenoxy) is 1. The predicted molar refractivity (Wildman–Crippen MR) is 53.3 cm³/mol. The molecule has 0 fully saturated rings. The average molecular weight is 227 g/mol. The van der Waals surface area contributed by atoms with E-state index in [9.17, 15) is 13.2 Å². The van der Waals surface area contributed by atoms with Gasteiger partial charge in [-0.25, -0.2) is 0 Å². The molecule has 2 aromatic rings. The molecule has 0 spiro atoms. The third kappa shape index (κ3) is 2.62. The van der Waals surface area contributed by atoms with Crippen LogP contribution in [0.3, 0.4) is 0 Å². The molecule has 0 unspecified atom stereocenters. The normalized spacial score (nSPS) is 11.7. The monoisotopic (exact) mass is 227 g/mol. The zero-order valence-corrected chi connectivity index (χ0v) is 8.16. The molecular formula is C11H8F3NO. The highest BCUT2D eigenvalue weighted by Crippen LogP contribution is 2.22. The number of alkyl halides is 3. The van der Waals surface area contributed by atoms with Crippen molar-refractivity contribution in [3.63, 3.8) is 0 Å². The lowest BCUT2D eigenvalue weighted by atomic mass is 10.2. The fraction of sp³-hybridized carbons (Fsp3) is 0.182. The van der Waals surface area contributed by atoms with Crippen molar-refractivity contribution in [2.45, 2.75) is 6.18 Å². The van der Waals surface area contributed by atoms with Crippen LogP contribution in [0.2, 0.25) is 0 Å². The number of halogens is 3.